The van der Waals surface area contributed by atoms with Crippen molar-refractivity contribution in [3.63, 3.8) is 0 Å². The fourth-order valence-electron chi connectivity index (χ4n) is 2.01. The van der Waals surface area contributed by atoms with Crippen LogP contribution in [0.15, 0.2) is 11.0 Å². The Hall–Kier alpha value is -1.78. The molecule has 0 aromatic carbocycles. The molecule has 9 heteroatoms. The molecule has 2 heterocycles. The maximum absolute atomic E-state index is 12.1. The van der Waals surface area contributed by atoms with Crippen molar-refractivity contribution in [1.29, 1.82) is 10.5 Å². The van der Waals surface area contributed by atoms with E-state index < -0.39 is 11.0 Å². The number of rotatable bonds is 4. The zero-order valence-corrected chi connectivity index (χ0v) is 14.7. The van der Waals surface area contributed by atoms with Gasteiger partial charge >= 0.3 is 0 Å². The molecule has 2 aromatic heterocycles. The third-order valence-electron chi connectivity index (χ3n) is 3.12. The molecule has 0 aliphatic carbocycles. The van der Waals surface area contributed by atoms with Crippen molar-refractivity contribution >= 4 is 57.7 Å². The Balaban J connectivity index is 2.96. The van der Waals surface area contributed by atoms with E-state index in [1.165, 1.54) is 10.2 Å². The molecule has 0 saturated heterocycles. The predicted molar refractivity (Wildman–Crippen MR) is 92.8 cm³/mol. The van der Waals surface area contributed by atoms with E-state index in [0.29, 0.717) is 20.2 Å². The van der Waals surface area contributed by atoms with Gasteiger partial charge in [-0.2, -0.15) is 14.9 Å². The van der Waals surface area contributed by atoms with Gasteiger partial charge in [-0.1, -0.05) is 36.0 Å². The summed E-state index contributed by atoms with van der Waals surface area (Å²) in [6.45, 7) is 1.65. The molecule has 5 nitrogen and oxygen atoms in total. The third-order valence-corrected chi connectivity index (χ3v) is 5.78. The van der Waals surface area contributed by atoms with Gasteiger partial charge in [-0.05, 0) is 18.5 Å². The lowest BCUT2D eigenvalue weighted by molar-refractivity contribution is 0.973. The number of aryl methyl sites for hydroxylation is 1. The highest BCUT2D eigenvalue weighted by Gasteiger charge is 2.43. The van der Waals surface area contributed by atoms with Gasteiger partial charge in [0, 0.05) is 11.9 Å². The van der Waals surface area contributed by atoms with Gasteiger partial charge in [0.05, 0.1) is 26.9 Å². The fraction of sp³-hybridized carbons (Fsp3) is 0.231. The summed E-state index contributed by atoms with van der Waals surface area (Å²) in [7, 11) is 1.56. The molecule has 109 valence electrons. The zero-order valence-electron chi connectivity index (χ0n) is 11.4. The first-order chi connectivity index (χ1) is 10.4. The van der Waals surface area contributed by atoms with Crippen LogP contribution < -0.4 is 5.56 Å². The third kappa shape index (κ3) is 2.23. The van der Waals surface area contributed by atoms with Crippen LogP contribution in [-0.2, 0) is 12.5 Å². The maximum atomic E-state index is 12.1. The summed E-state index contributed by atoms with van der Waals surface area (Å²) < 4.78 is 5.34. The molecule has 0 bridgehead atoms. The monoisotopic (exact) mass is 363 g/mol. The molecule has 0 saturated carbocycles. The van der Waals surface area contributed by atoms with Gasteiger partial charge < -0.3 is 0 Å². The van der Waals surface area contributed by atoms with Gasteiger partial charge in [-0.15, -0.1) is 0 Å². The highest BCUT2D eigenvalue weighted by molar-refractivity contribution is 7.81. The standard InChI is InChI=1S/C13H7N4OS4/c1-7(20)13(6-19,10-8(3-14)5-16-21-10)11-9(4-15)12(18)17(2)22-11/h5H,1-2H3. The van der Waals surface area contributed by atoms with Crippen molar-refractivity contribution in [3.05, 3.63) is 37.4 Å². The molecule has 2 aromatic rings. The SMILES string of the molecule is CC(=S)C([C]=S)(c1sncc1C#N)c1sn(C)c(=O)c1C#N. The van der Waals surface area contributed by atoms with Crippen molar-refractivity contribution in [1.82, 2.24) is 8.33 Å². The molecule has 0 amide bonds. The van der Waals surface area contributed by atoms with Crippen molar-refractivity contribution in [3.8, 4) is 12.1 Å². The second-order valence-corrected chi connectivity index (χ2v) is 7.06. The first-order valence-corrected chi connectivity index (χ1v) is 8.16. The summed E-state index contributed by atoms with van der Waals surface area (Å²) >= 11 is 12.6. The van der Waals surface area contributed by atoms with Crippen LogP contribution in [0.4, 0.5) is 0 Å². The van der Waals surface area contributed by atoms with Crippen molar-refractivity contribution in [2.24, 2.45) is 7.05 Å². The predicted octanol–water partition coefficient (Wildman–Crippen LogP) is 2.20. The molecule has 1 unspecified atom stereocenters. The van der Waals surface area contributed by atoms with E-state index in [9.17, 15) is 15.3 Å². The zero-order chi connectivity index (χ0) is 16.5. The second kappa shape index (κ2) is 6.15. The lowest BCUT2D eigenvalue weighted by Crippen LogP contribution is -2.35. The molecule has 2 rings (SSSR count). The van der Waals surface area contributed by atoms with E-state index in [2.05, 4.69) is 9.74 Å². The molecular weight excluding hydrogens is 356 g/mol. The minimum absolute atomic E-state index is 0.0358. The van der Waals surface area contributed by atoms with Crippen LogP contribution in [0.25, 0.3) is 0 Å². The van der Waals surface area contributed by atoms with E-state index in [0.717, 1.165) is 23.1 Å². The summed E-state index contributed by atoms with van der Waals surface area (Å²) in [6.07, 6.45) is 1.41. The Kier molecular flexibility index (Phi) is 4.63. The van der Waals surface area contributed by atoms with Gasteiger partial charge in [0.1, 0.15) is 23.1 Å². The molecular formula is C13H7N4OS4. The van der Waals surface area contributed by atoms with Gasteiger partial charge in [0.25, 0.3) is 5.56 Å². The summed E-state index contributed by atoms with van der Waals surface area (Å²) in [5.74, 6) is 0. The van der Waals surface area contributed by atoms with Gasteiger partial charge in [-0.3, -0.25) is 8.75 Å². The van der Waals surface area contributed by atoms with Crippen molar-refractivity contribution < 1.29 is 0 Å². The molecule has 0 aliphatic heterocycles. The van der Waals surface area contributed by atoms with Gasteiger partial charge in [0.2, 0.25) is 0 Å². The van der Waals surface area contributed by atoms with Crippen LogP contribution in [0.3, 0.4) is 0 Å². The van der Waals surface area contributed by atoms with Crippen molar-refractivity contribution in [2.45, 2.75) is 12.3 Å². The molecule has 0 spiro atoms. The van der Waals surface area contributed by atoms with Crippen LogP contribution in [0, 0.1) is 22.7 Å². The highest BCUT2D eigenvalue weighted by atomic mass is 32.1. The van der Waals surface area contributed by atoms with Crippen LogP contribution in [0.1, 0.15) is 27.8 Å². The topological polar surface area (TPSA) is 82.5 Å². The number of thiocarbonyl (C=S) groups is 2. The normalized spacial score (nSPS) is 12.9. The van der Waals surface area contributed by atoms with E-state index in [4.69, 9.17) is 24.4 Å². The van der Waals surface area contributed by atoms with Gasteiger partial charge in [0.15, 0.2) is 0 Å². The summed E-state index contributed by atoms with van der Waals surface area (Å²) in [4.78, 5) is 13.4. The lowest BCUT2D eigenvalue weighted by atomic mass is 9.80. The minimum Gasteiger partial charge on any atom is -0.267 e. The summed E-state index contributed by atoms with van der Waals surface area (Å²) in [6, 6.07) is 3.95. The number of nitrogens with zero attached hydrogens (tertiary/aromatic N) is 4. The van der Waals surface area contributed by atoms with Crippen LogP contribution >= 0.6 is 47.5 Å². The Morgan fingerprint density at radius 1 is 1.41 bits per heavy atom. The number of hydrogen-bond acceptors (Lipinski definition) is 8. The molecule has 1 radical (unpaired) electrons. The smallest absolute Gasteiger partial charge is 0.267 e. The number of nitriles is 2. The first kappa shape index (κ1) is 16.6. The largest absolute Gasteiger partial charge is 0.278 e. The average Bonchev–Trinajstić information content (AvgIpc) is 3.07. The Bertz CT molecular complexity index is 908. The fourth-order valence-corrected chi connectivity index (χ4v) is 5.03. The minimum atomic E-state index is -1.24. The lowest BCUT2D eigenvalue weighted by Gasteiger charge is -2.26. The first-order valence-electron chi connectivity index (χ1n) is 5.80. The Morgan fingerprint density at radius 2 is 2.09 bits per heavy atom. The van der Waals surface area contributed by atoms with E-state index in [1.807, 2.05) is 12.1 Å². The molecule has 1 atom stereocenters. The average molecular weight is 363 g/mol. The molecule has 0 aliphatic rings. The van der Waals surface area contributed by atoms with Crippen LogP contribution in [0.5, 0.6) is 0 Å². The molecule has 0 N–H and O–H groups in total. The molecule has 0 fully saturated rings. The van der Waals surface area contributed by atoms with Crippen LogP contribution in [-0.4, -0.2) is 18.6 Å². The highest BCUT2D eigenvalue weighted by Crippen LogP contribution is 2.40. The van der Waals surface area contributed by atoms with E-state index in [-0.39, 0.29) is 5.56 Å². The summed E-state index contributed by atoms with van der Waals surface area (Å²) in [5.41, 5.74) is -1.39. The number of hydrogen-bond donors (Lipinski definition) is 0. The van der Waals surface area contributed by atoms with Gasteiger partial charge in [-0.25, -0.2) is 0 Å². The Labute approximate surface area is 145 Å². The second-order valence-electron chi connectivity index (χ2n) is 4.30. The van der Waals surface area contributed by atoms with Crippen LogP contribution in [0.2, 0.25) is 0 Å². The summed E-state index contributed by atoms with van der Waals surface area (Å²) in [5, 5.41) is 21.3. The van der Waals surface area contributed by atoms with E-state index in [1.54, 1.807) is 14.0 Å². The number of aromatic nitrogens is 2. The quantitative estimate of drug-likeness (QED) is 0.775. The maximum Gasteiger partial charge on any atom is 0.278 e. The Morgan fingerprint density at radius 3 is 2.59 bits per heavy atom. The van der Waals surface area contributed by atoms with E-state index >= 15 is 0 Å². The van der Waals surface area contributed by atoms with Crippen molar-refractivity contribution in [2.75, 3.05) is 0 Å². The molecule has 22 heavy (non-hydrogen) atoms.